The minimum Gasteiger partial charge on any atom is -0.440 e. The molecule has 0 aliphatic carbocycles. The van der Waals surface area contributed by atoms with Gasteiger partial charge in [-0.2, -0.15) is 0 Å². The van der Waals surface area contributed by atoms with Crippen LogP contribution in [0, 0.1) is 0 Å². The van der Waals surface area contributed by atoms with Gasteiger partial charge in [-0.25, -0.2) is 4.79 Å². The van der Waals surface area contributed by atoms with Gasteiger partial charge in [0, 0.05) is 32.5 Å². The molecule has 5 nitrogen and oxygen atoms in total. The van der Waals surface area contributed by atoms with Gasteiger partial charge in [0.25, 0.3) is 0 Å². The van der Waals surface area contributed by atoms with Crippen LogP contribution in [0.15, 0.2) is 0 Å². The average molecular weight is 211 g/mol. The van der Waals surface area contributed by atoms with Gasteiger partial charge in [-0.05, 0) is 13.1 Å². The molecule has 0 aromatic carbocycles. The third-order valence-corrected chi connectivity index (χ3v) is 3.83. The number of piperazine rings is 1. The van der Waals surface area contributed by atoms with E-state index in [4.69, 9.17) is 4.74 Å². The van der Waals surface area contributed by atoms with Gasteiger partial charge in [-0.3, -0.25) is 4.90 Å². The van der Waals surface area contributed by atoms with Crippen LogP contribution in [0.2, 0.25) is 0 Å². The van der Waals surface area contributed by atoms with Crippen LogP contribution in [0.3, 0.4) is 0 Å². The van der Waals surface area contributed by atoms with Gasteiger partial charge in [-0.15, -0.1) is 0 Å². The molecular formula is C10H17N3O2. The first-order valence-electron chi connectivity index (χ1n) is 5.73. The summed E-state index contributed by atoms with van der Waals surface area (Å²) >= 11 is 0. The van der Waals surface area contributed by atoms with Crippen LogP contribution in [0.5, 0.6) is 0 Å². The molecule has 2 N–H and O–H groups in total. The topological polar surface area (TPSA) is 53.6 Å². The fourth-order valence-corrected chi connectivity index (χ4v) is 2.98. The number of ether oxygens (including phenoxy) is 1. The zero-order valence-electron chi connectivity index (χ0n) is 8.79. The van der Waals surface area contributed by atoms with Gasteiger partial charge in [0.15, 0.2) is 0 Å². The Labute approximate surface area is 89.1 Å². The predicted octanol–water partition coefficient (Wildman–Crippen LogP) is -0.467. The molecule has 3 rings (SSSR count). The molecule has 0 saturated carbocycles. The van der Waals surface area contributed by atoms with Crippen LogP contribution in [0.4, 0.5) is 4.79 Å². The van der Waals surface area contributed by atoms with Crippen molar-refractivity contribution in [3.05, 3.63) is 0 Å². The molecule has 1 spiro atoms. The monoisotopic (exact) mass is 211 g/mol. The van der Waals surface area contributed by atoms with E-state index < -0.39 is 0 Å². The number of fused-ring (bicyclic) bond motifs is 2. The molecule has 3 fully saturated rings. The van der Waals surface area contributed by atoms with E-state index in [2.05, 4.69) is 10.6 Å². The minimum absolute atomic E-state index is 0.108. The number of piperidine rings is 1. The molecule has 1 atom stereocenters. The minimum atomic E-state index is -0.213. The lowest BCUT2D eigenvalue weighted by molar-refractivity contribution is 0.00552. The number of nitrogens with zero attached hydrogens (tertiary/aromatic N) is 1. The van der Waals surface area contributed by atoms with Gasteiger partial charge >= 0.3 is 6.09 Å². The Hall–Kier alpha value is -0.810. The van der Waals surface area contributed by atoms with Crippen molar-refractivity contribution in [2.75, 3.05) is 32.7 Å². The second-order valence-corrected chi connectivity index (χ2v) is 4.60. The summed E-state index contributed by atoms with van der Waals surface area (Å²) in [6.07, 6.45) is 1.78. The van der Waals surface area contributed by atoms with Crippen LogP contribution in [-0.2, 0) is 4.74 Å². The fourth-order valence-electron chi connectivity index (χ4n) is 2.98. The standard InChI is InChI=1S/C10H17N3O2/c14-9-13-6-5-12-7-8(13)10(15-9)1-3-11-4-2-10/h8,11-12H,1-7H2. The van der Waals surface area contributed by atoms with E-state index in [9.17, 15) is 4.79 Å². The van der Waals surface area contributed by atoms with Crippen LogP contribution in [0.25, 0.3) is 0 Å². The lowest BCUT2D eigenvalue weighted by Crippen LogP contribution is -2.59. The van der Waals surface area contributed by atoms with E-state index in [1.807, 2.05) is 4.90 Å². The lowest BCUT2D eigenvalue weighted by atomic mass is 9.84. The van der Waals surface area contributed by atoms with E-state index in [1.165, 1.54) is 0 Å². The van der Waals surface area contributed by atoms with Gasteiger partial charge in [0.2, 0.25) is 0 Å². The summed E-state index contributed by atoms with van der Waals surface area (Å²) in [5.41, 5.74) is -0.213. The number of carbonyl (C=O) groups is 1. The second-order valence-electron chi connectivity index (χ2n) is 4.60. The van der Waals surface area contributed by atoms with E-state index in [1.54, 1.807) is 0 Å². The summed E-state index contributed by atoms with van der Waals surface area (Å²) in [5.74, 6) is 0. The Morgan fingerprint density at radius 3 is 2.87 bits per heavy atom. The zero-order chi connectivity index (χ0) is 10.3. The largest absolute Gasteiger partial charge is 0.440 e. The van der Waals surface area contributed by atoms with Crippen molar-refractivity contribution in [2.45, 2.75) is 24.5 Å². The van der Waals surface area contributed by atoms with Gasteiger partial charge in [0.05, 0.1) is 6.04 Å². The molecule has 3 saturated heterocycles. The zero-order valence-corrected chi connectivity index (χ0v) is 8.79. The maximum Gasteiger partial charge on any atom is 0.410 e. The quantitative estimate of drug-likeness (QED) is 0.569. The molecule has 5 heteroatoms. The van der Waals surface area contributed by atoms with Crippen molar-refractivity contribution in [3.63, 3.8) is 0 Å². The van der Waals surface area contributed by atoms with Crippen molar-refractivity contribution >= 4 is 6.09 Å². The third kappa shape index (κ3) is 1.33. The Kier molecular flexibility index (Phi) is 2.10. The van der Waals surface area contributed by atoms with E-state index in [0.717, 1.165) is 45.6 Å². The Morgan fingerprint density at radius 2 is 2.07 bits per heavy atom. The van der Waals surface area contributed by atoms with Crippen LogP contribution in [0.1, 0.15) is 12.8 Å². The number of nitrogens with one attached hydrogen (secondary N) is 2. The molecule has 3 aliphatic heterocycles. The molecule has 0 bridgehead atoms. The molecule has 1 amide bonds. The summed E-state index contributed by atoms with van der Waals surface area (Å²) in [6.45, 7) is 4.47. The average Bonchev–Trinajstić information content (AvgIpc) is 2.55. The van der Waals surface area contributed by atoms with Crippen LogP contribution in [-0.4, -0.2) is 55.4 Å². The van der Waals surface area contributed by atoms with Crippen molar-refractivity contribution in [2.24, 2.45) is 0 Å². The van der Waals surface area contributed by atoms with Gasteiger partial charge in [-0.1, -0.05) is 0 Å². The molecule has 15 heavy (non-hydrogen) atoms. The Balaban J connectivity index is 1.86. The molecule has 0 aromatic heterocycles. The summed E-state index contributed by atoms with van der Waals surface area (Å²) in [5, 5.41) is 6.67. The predicted molar refractivity (Wildman–Crippen MR) is 54.7 cm³/mol. The number of rotatable bonds is 0. The normalized spacial score (nSPS) is 34.0. The van der Waals surface area contributed by atoms with E-state index in [-0.39, 0.29) is 17.7 Å². The fraction of sp³-hybridized carbons (Fsp3) is 0.900. The molecule has 84 valence electrons. The summed E-state index contributed by atoms with van der Waals surface area (Å²) < 4.78 is 5.64. The number of hydrogen-bond donors (Lipinski definition) is 2. The first-order chi connectivity index (χ1) is 7.32. The maximum absolute atomic E-state index is 11.7. The second kappa shape index (κ2) is 3.35. The van der Waals surface area contributed by atoms with Crippen molar-refractivity contribution < 1.29 is 9.53 Å². The molecule has 0 aromatic rings. The number of hydrogen-bond acceptors (Lipinski definition) is 4. The Morgan fingerprint density at radius 1 is 1.27 bits per heavy atom. The smallest absolute Gasteiger partial charge is 0.410 e. The Bertz CT molecular complexity index is 276. The molecular weight excluding hydrogens is 194 g/mol. The number of carbonyl (C=O) groups excluding carboxylic acids is 1. The third-order valence-electron chi connectivity index (χ3n) is 3.83. The first kappa shape index (κ1) is 9.42. The van der Waals surface area contributed by atoms with Gasteiger partial charge < -0.3 is 15.4 Å². The lowest BCUT2D eigenvalue weighted by Gasteiger charge is -2.39. The van der Waals surface area contributed by atoms with Crippen molar-refractivity contribution in [1.29, 1.82) is 0 Å². The van der Waals surface area contributed by atoms with E-state index >= 15 is 0 Å². The SMILES string of the molecule is O=C1OC2(CCNCC2)C2CNCCN12. The molecule has 3 aliphatic rings. The first-order valence-corrected chi connectivity index (χ1v) is 5.73. The highest BCUT2D eigenvalue weighted by molar-refractivity contribution is 5.72. The number of amides is 1. The summed E-state index contributed by atoms with van der Waals surface area (Å²) in [4.78, 5) is 13.6. The summed E-state index contributed by atoms with van der Waals surface area (Å²) in [6, 6.07) is 0.251. The van der Waals surface area contributed by atoms with E-state index in [0.29, 0.717) is 0 Å². The highest BCUT2D eigenvalue weighted by Gasteiger charge is 2.54. The van der Waals surface area contributed by atoms with Gasteiger partial charge in [0.1, 0.15) is 5.60 Å². The van der Waals surface area contributed by atoms with Crippen LogP contribution >= 0.6 is 0 Å². The van der Waals surface area contributed by atoms with Crippen molar-refractivity contribution in [1.82, 2.24) is 15.5 Å². The summed E-state index contributed by atoms with van der Waals surface area (Å²) in [7, 11) is 0. The highest BCUT2D eigenvalue weighted by Crippen LogP contribution is 2.37. The van der Waals surface area contributed by atoms with Crippen LogP contribution < -0.4 is 10.6 Å². The molecule has 0 radical (unpaired) electrons. The molecule has 1 unspecified atom stereocenters. The highest BCUT2D eigenvalue weighted by atomic mass is 16.6. The maximum atomic E-state index is 11.7. The van der Waals surface area contributed by atoms with Crippen molar-refractivity contribution in [3.8, 4) is 0 Å². The molecule has 3 heterocycles.